The zero-order valence-corrected chi connectivity index (χ0v) is 13.9. The van der Waals surface area contributed by atoms with Crippen LogP contribution < -0.4 is 5.32 Å². The summed E-state index contributed by atoms with van der Waals surface area (Å²) in [5, 5.41) is 7.65. The number of carbonyl (C=O) groups excluding carboxylic acids is 1. The zero-order valence-electron chi connectivity index (χ0n) is 12.3. The third-order valence-electron chi connectivity index (χ3n) is 3.32. The van der Waals surface area contributed by atoms with Gasteiger partial charge >= 0.3 is 0 Å². The van der Waals surface area contributed by atoms with Crippen LogP contribution in [0.25, 0.3) is 0 Å². The SMILES string of the molecule is O=C(Nc1ccn(Cc2ccc(F)cc2)n1)c1ccc(Cl)c(Cl)c1. The van der Waals surface area contributed by atoms with Crippen molar-refractivity contribution in [3.63, 3.8) is 0 Å². The Balaban J connectivity index is 1.68. The van der Waals surface area contributed by atoms with Crippen molar-refractivity contribution in [2.24, 2.45) is 0 Å². The number of amides is 1. The van der Waals surface area contributed by atoms with Gasteiger partial charge in [-0.05, 0) is 35.9 Å². The first-order valence-corrected chi connectivity index (χ1v) is 7.81. The Morgan fingerprint density at radius 3 is 2.54 bits per heavy atom. The van der Waals surface area contributed by atoms with Crippen molar-refractivity contribution < 1.29 is 9.18 Å². The summed E-state index contributed by atoms with van der Waals surface area (Å²) < 4.78 is 14.6. The molecule has 4 nitrogen and oxygen atoms in total. The van der Waals surface area contributed by atoms with Crippen LogP contribution in [-0.4, -0.2) is 15.7 Å². The normalized spacial score (nSPS) is 10.6. The molecule has 0 unspecified atom stereocenters. The standard InChI is InChI=1S/C17H12Cl2FN3O/c18-14-6-3-12(9-15(14)19)17(24)21-16-7-8-23(22-16)10-11-1-4-13(20)5-2-11/h1-9H,10H2,(H,21,22,24). The first kappa shape index (κ1) is 16.5. The van der Waals surface area contributed by atoms with Gasteiger partial charge in [-0.2, -0.15) is 5.10 Å². The Morgan fingerprint density at radius 1 is 1.08 bits per heavy atom. The Morgan fingerprint density at radius 2 is 1.83 bits per heavy atom. The van der Waals surface area contributed by atoms with E-state index >= 15 is 0 Å². The van der Waals surface area contributed by atoms with Gasteiger partial charge in [-0.15, -0.1) is 0 Å². The van der Waals surface area contributed by atoms with Gasteiger partial charge in [0.2, 0.25) is 0 Å². The van der Waals surface area contributed by atoms with Crippen LogP contribution in [0.5, 0.6) is 0 Å². The van der Waals surface area contributed by atoms with E-state index in [2.05, 4.69) is 10.4 Å². The fraction of sp³-hybridized carbons (Fsp3) is 0.0588. The van der Waals surface area contributed by atoms with Gasteiger partial charge in [0.1, 0.15) is 5.82 Å². The van der Waals surface area contributed by atoms with Gasteiger partial charge in [-0.25, -0.2) is 4.39 Å². The molecule has 0 radical (unpaired) electrons. The molecule has 7 heteroatoms. The molecule has 3 aromatic rings. The van der Waals surface area contributed by atoms with Crippen LogP contribution in [0.15, 0.2) is 54.7 Å². The third kappa shape index (κ3) is 3.93. The minimum atomic E-state index is -0.333. The molecular weight excluding hydrogens is 352 g/mol. The molecule has 0 bridgehead atoms. The van der Waals surface area contributed by atoms with Crippen LogP contribution in [0.3, 0.4) is 0 Å². The number of anilines is 1. The Kier molecular flexibility index (Phi) is 4.83. The van der Waals surface area contributed by atoms with Crippen LogP contribution >= 0.6 is 23.2 Å². The molecule has 1 aromatic heterocycles. The summed E-state index contributed by atoms with van der Waals surface area (Å²) >= 11 is 11.7. The average Bonchev–Trinajstić information content (AvgIpc) is 2.99. The lowest BCUT2D eigenvalue weighted by molar-refractivity contribution is 0.102. The first-order valence-electron chi connectivity index (χ1n) is 7.05. The highest BCUT2D eigenvalue weighted by Crippen LogP contribution is 2.23. The summed E-state index contributed by atoms with van der Waals surface area (Å²) in [6, 6.07) is 12.5. The minimum absolute atomic E-state index is 0.284. The van der Waals surface area contributed by atoms with Crippen molar-refractivity contribution in [3.05, 3.63) is 81.7 Å². The van der Waals surface area contributed by atoms with Crippen molar-refractivity contribution in [2.75, 3.05) is 5.32 Å². The van der Waals surface area contributed by atoms with E-state index in [1.54, 1.807) is 41.2 Å². The van der Waals surface area contributed by atoms with Crippen LogP contribution in [0, 0.1) is 5.82 Å². The predicted molar refractivity (Wildman–Crippen MR) is 92.1 cm³/mol. The van der Waals surface area contributed by atoms with Gasteiger partial charge in [0, 0.05) is 17.8 Å². The van der Waals surface area contributed by atoms with Gasteiger partial charge in [-0.3, -0.25) is 9.48 Å². The monoisotopic (exact) mass is 363 g/mol. The number of nitrogens with zero attached hydrogens (tertiary/aromatic N) is 2. The van der Waals surface area contributed by atoms with E-state index in [0.29, 0.717) is 28.0 Å². The van der Waals surface area contributed by atoms with Gasteiger partial charge in [-0.1, -0.05) is 35.3 Å². The van der Waals surface area contributed by atoms with Gasteiger partial charge in [0.05, 0.1) is 16.6 Å². The van der Waals surface area contributed by atoms with Crippen molar-refractivity contribution in [2.45, 2.75) is 6.54 Å². The third-order valence-corrected chi connectivity index (χ3v) is 4.06. The molecule has 24 heavy (non-hydrogen) atoms. The Labute approximate surface area is 147 Å². The number of aromatic nitrogens is 2. The molecule has 1 heterocycles. The second-order valence-corrected chi connectivity index (χ2v) is 5.92. The zero-order chi connectivity index (χ0) is 17.1. The molecule has 1 N–H and O–H groups in total. The molecule has 0 aliphatic carbocycles. The molecule has 0 spiro atoms. The number of rotatable bonds is 4. The maximum Gasteiger partial charge on any atom is 0.256 e. The molecule has 2 aromatic carbocycles. The number of hydrogen-bond donors (Lipinski definition) is 1. The van der Waals surface area contributed by atoms with Crippen LogP contribution in [0.4, 0.5) is 10.2 Å². The van der Waals surface area contributed by atoms with E-state index in [-0.39, 0.29) is 11.7 Å². The molecule has 0 aliphatic heterocycles. The second kappa shape index (κ2) is 7.03. The fourth-order valence-electron chi connectivity index (χ4n) is 2.12. The number of carbonyl (C=O) groups is 1. The minimum Gasteiger partial charge on any atom is -0.305 e. The number of hydrogen-bond acceptors (Lipinski definition) is 2. The molecular formula is C17H12Cl2FN3O. The van der Waals surface area contributed by atoms with Crippen molar-refractivity contribution in [1.29, 1.82) is 0 Å². The summed E-state index contributed by atoms with van der Waals surface area (Å²) in [6.45, 7) is 0.475. The van der Waals surface area contributed by atoms with E-state index in [1.165, 1.54) is 18.2 Å². The molecule has 0 atom stereocenters. The molecule has 0 fully saturated rings. The highest BCUT2D eigenvalue weighted by molar-refractivity contribution is 6.42. The topological polar surface area (TPSA) is 46.9 Å². The summed E-state index contributed by atoms with van der Waals surface area (Å²) in [4.78, 5) is 12.2. The highest BCUT2D eigenvalue weighted by Gasteiger charge is 2.10. The maximum atomic E-state index is 12.9. The molecule has 122 valence electrons. The van der Waals surface area contributed by atoms with E-state index in [0.717, 1.165) is 5.56 Å². The summed E-state index contributed by atoms with van der Waals surface area (Å²) in [7, 11) is 0. The van der Waals surface area contributed by atoms with E-state index in [4.69, 9.17) is 23.2 Å². The van der Waals surface area contributed by atoms with E-state index in [9.17, 15) is 9.18 Å². The van der Waals surface area contributed by atoms with Gasteiger partial charge in [0.25, 0.3) is 5.91 Å². The fourth-order valence-corrected chi connectivity index (χ4v) is 2.42. The summed E-state index contributed by atoms with van der Waals surface area (Å²) in [6.07, 6.45) is 1.73. The number of nitrogens with one attached hydrogen (secondary N) is 1. The summed E-state index contributed by atoms with van der Waals surface area (Å²) in [5.74, 6) is -0.206. The van der Waals surface area contributed by atoms with Crippen LogP contribution in [0.2, 0.25) is 10.0 Å². The van der Waals surface area contributed by atoms with E-state index < -0.39 is 0 Å². The second-order valence-electron chi connectivity index (χ2n) is 5.11. The maximum absolute atomic E-state index is 12.9. The Bertz CT molecular complexity index is 878. The van der Waals surface area contributed by atoms with Gasteiger partial charge < -0.3 is 5.32 Å². The average molecular weight is 364 g/mol. The van der Waals surface area contributed by atoms with Crippen molar-refractivity contribution in [1.82, 2.24) is 9.78 Å². The largest absolute Gasteiger partial charge is 0.305 e. The molecule has 3 rings (SSSR count). The lowest BCUT2D eigenvalue weighted by Crippen LogP contribution is -2.12. The number of halogens is 3. The van der Waals surface area contributed by atoms with Crippen molar-refractivity contribution >= 4 is 34.9 Å². The van der Waals surface area contributed by atoms with Crippen LogP contribution in [0.1, 0.15) is 15.9 Å². The van der Waals surface area contributed by atoms with Gasteiger partial charge in [0.15, 0.2) is 5.82 Å². The lowest BCUT2D eigenvalue weighted by Gasteiger charge is -2.04. The molecule has 0 aliphatic rings. The highest BCUT2D eigenvalue weighted by atomic mass is 35.5. The first-order chi connectivity index (χ1) is 11.5. The van der Waals surface area contributed by atoms with Crippen LogP contribution in [-0.2, 0) is 6.54 Å². The smallest absolute Gasteiger partial charge is 0.256 e. The molecule has 0 saturated heterocycles. The quantitative estimate of drug-likeness (QED) is 0.734. The molecule has 1 amide bonds. The predicted octanol–water partition coefficient (Wildman–Crippen LogP) is 4.63. The lowest BCUT2D eigenvalue weighted by atomic mass is 10.2. The van der Waals surface area contributed by atoms with Crippen molar-refractivity contribution in [3.8, 4) is 0 Å². The Hall–Kier alpha value is -2.37. The van der Waals surface area contributed by atoms with E-state index in [1.807, 2.05) is 0 Å². The summed E-state index contributed by atoms with van der Waals surface area (Å²) in [5.41, 5.74) is 1.29. The molecule has 0 saturated carbocycles. The number of benzene rings is 2.